The van der Waals surface area contributed by atoms with E-state index in [1.54, 1.807) is 32.1 Å². The molecule has 0 bridgehead atoms. The zero-order chi connectivity index (χ0) is 14.3. The largest absolute Gasteiger partial charge is 0.464 e. The standard InChI is InChI=1S/C14H16ClNO3/c1-3-19-14(18)10(2)16-13(17)9-8-11-6-4-5-7-12(11)15/h4-10H,3H2,1-2H3,(H,16,17). The van der Waals surface area contributed by atoms with E-state index >= 15 is 0 Å². The van der Waals surface area contributed by atoms with Crippen LogP contribution in [-0.2, 0) is 14.3 Å². The third kappa shape index (κ3) is 5.14. The Kier molecular flexibility index (Phi) is 6.09. The van der Waals surface area contributed by atoms with Crippen LogP contribution in [0.3, 0.4) is 0 Å². The summed E-state index contributed by atoms with van der Waals surface area (Å²) in [5.74, 6) is -0.831. The fraction of sp³-hybridized carbons (Fsp3) is 0.286. The van der Waals surface area contributed by atoms with Gasteiger partial charge in [-0.1, -0.05) is 29.8 Å². The van der Waals surface area contributed by atoms with E-state index < -0.39 is 12.0 Å². The molecule has 1 aromatic carbocycles. The van der Waals surface area contributed by atoms with Crippen molar-refractivity contribution in [2.45, 2.75) is 19.9 Å². The predicted octanol–water partition coefficient (Wildman–Crippen LogP) is 2.42. The molecule has 0 saturated carbocycles. The molecule has 0 spiro atoms. The number of benzene rings is 1. The number of hydrogen-bond acceptors (Lipinski definition) is 3. The summed E-state index contributed by atoms with van der Waals surface area (Å²) in [6.45, 7) is 3.57. The normalized spacial score (nSPS) is 12.2. The number of halogens is 1. The molecule has 0 heterocycles. The first-order valence-electron chi connectivity index (χ1n) is 5.94. The topological polar surface area (TPSA) is 55.4 Å². The molecule has 1 rings (SSSR count). The minimum Gasteiger partial charge on any atom is -0.464 e. The Morgan fingerprint density at radius 1 is 1.42 bits per heavy atom. The van der Waals surface area contributed by atoms with Crippen LogP contribution >= 0.6 is 11.6 Å². The zero-order valence-electron chi connectivity index (χ0n) is 10.9. The van der Waals surface area contributed by atoms with Gasteiger partial charge in [-0.3, -0.25) is 4.79 Å². The Bertz CT molecular complexity index is 485. The summed E-state index contributed by atoms with van der Waals surface area (Å²) in [5.41, 5.74) is 0.739. The van der Waals surface area contributed by atoms with Crippen molar-refractivity contribution >= 4 is 29.6 Å². The maximum atomic E-state index is 11.6. The highest BCUT2D eigenvalue weighted by Gasteiger charge is 2.14. The second kappa shape index (κ2) is 7.59. The molecule has 0 saturated heterocycles. The van der Waals surface area contributed by atoms with Gasteiger partial charge in [0.15, 0.2) is 0 Å². The minimum atomic E-state index is -0.677. The first-order chi connectivity index (χ1) is 9.04. The second-order valence-electron chi connectivity index (χ2n) is 3.84. The number of amides is 1. The summed E-state index contributed by atoms with van der Waals surface area (Å²) in [7, 11) is 0. The summed E-state index contributed by atoms with van der Waals surface area (Å²) >= 11 is 5.95. The number of carbonyl (C=O) groups is 2. The van der Waals surface area contributed by atoms with Gasteiger partial charge in [0, 0.05) is 11.1 Å². The van der Waals surface area contributed by atoms with Crippen molar-refractivity contribution in [1.82, 2.24) is 5.32 Å². The summed E-state index contributed by atoms with van der Waals surface area (Å²) in [4.78, 5) is 22.9. The van der Waals surface area contributed by atoms with E-state index in [1.165, 1.54) is 6.08 Å². The van der Waals surface area contributed by atoms with Crippen molar-refractivity contribution < 1.29 is 14.3 Å². The van der Waals surface area contributed by atoms with Gasteiger partial charge in [-0.05, 0) is 31.6 Å². The highest BCUT2D eigenvalue weighted by Crippen LogP contribution is 2.15. The number of carbonyl (C=O) groups excluding carboxylic acids is 2. The van der Waals surface area contributed by atoms with Crippen molar-refractivity contribution in [3.8, 4) is 0 Å². The molecule has 5 heteroatoms. The molecule has 0 radical (unpaired) electrons. The van der Waals surface area contributed by atoms with Crippen LogP contribution < -0.4 is 5.32 Å². The molecule has 4 nitrogen and oxygen atoms in total. The van der Waals surface area contributed by atoms with Gasteiger partial charge in [0.1, 0.15) is 6.04 Å². The van der Waals surface area contributed by atoms with Crippen LogP contribution in [0.15, 0.2) is 30.3 Å². The maximum absolute atomic E-state index is 11.6. The van der Waals surface area contributed by atoms with E-state index in [9.17, 15) is 9.59 Å². The molecule has 1 aromatic rings. The number of esters is 1. The monoisotopic (exact) mass is 281 g/mol. The summed E-state index contributed by atoms with van der Waals surface area (Å²) < 4.78 is 4.79. The lowest BCUT2D eigenvalue weighted by Crippen LogP contribution is -2.38. The first-order valence-corrected chi connectivity index (χ1v) is 6.32. The summed E-state index contributed by atoms with van der Waals surface area (Å²) in [5, 5.41) is 3.07. The van der Waals surface area contributed by atoms with Gasteiger partial charge in [0.05, 0.1) is 6.61 Å². The maximum Gasteiger partial charge on any atom is 0.328 e. The average molecular weight is 282 g/mol. The van der Waals surface area contributed by atoms with E-state index in [-0.39, 0.29) is 12.5 Å². The third-order valence-electron chi connectivity index (χ3n) is 2.32. The molecule has 0 aliphatic heterocycles. The Morgan fingerprint density at radius 3 is 2.74 bits per heavy atom. The van der Waals surface area contributed by atoms with Crippen molar-refractivity contribution in [1.29, 1.82) is 0 Å². The van der Waals surface area contributed by atoms with Crippen LogP contribution in [0, 0.1) is 0 Å². The lowest BCUT2D eigenvalue weighted by molar-refractivity contribution is -0.146. The molecule has 19 heavy (non-hydrogen) atoms. The zero-order valence-corrected chi connectivity index (χ0v) is 11.6. The van der Waals surface area contributed by atoms with Gasteiger partial charge in [0.2, 0.25) is 5.91 Å². The van der Waals surface area contributed by atoms with Crippen molar-refractivity contribution in [2.75, 3.05) is 6.61 Å². The third-order valence-corrected chi connectivity index (χ3v) is 2.66. The SMILES string of the molecule is CCOC(=O)C(C)NC(=O)C=Cc1ccccc1Cl. The fourth-order valence-electron chi connectivity index (χ4n) is 1.36. The van der Waals surface area contributed by atoms with Crippen LogP contribution in [0.1, 0.15) is 19.4 Å². The number of nitrogens with one attached hydrogen (secondary N) is 1. The predicted molar refractivity (Wildman–Crippen MR) is 74.7 cm³/mol. The first kappa shape index (κ1) is 15.2. The Hall–Kier alpha value is -1.81. The smallest absolute Gasteiger partial charge is 0.328 e. The lowest BCUT2D eigenvalue weighted by Gasteiger charge is -2.10. The molecule has 1 unspecified atom stereocenters. The Labute approximate surface area is 117 Å². The van der Waals surface area contributed by atoms with E-state index in [4.69, 9.17) is 16.3 Å². The summed E-state index contributed by atoms with van der Waals surface area (Å²) in [6, 6.07) is 6.48. The van der Waals surface area contributed by atoms with Gasteiger partial charge in [0.25, 0.3) is 0 Å². The van der Waals surface area contributed by atoms with Gasteiger partial charge < -0.3 is 10.1 Å². The Morgan fingerprint density at radius 2 is 2.11 bits per heavy atom. The van der Waals surface area contributed by atoms with Crippen LogP contribution in [0.5, 0.6) is 0 Å². The van der Waals surface area contributed by atoms with Crippen molar-refractivity contribution in [3.05, 3.63) is 40.9 Å². The number of hydrogen-bond donors (Lipinski definition) is 1. The van der Waals surface area contributed by atoms with E-state index in [0.29, 0.717) is 5.02 Å². The quantitative estimate of drug-likeness (QED) is 0.666. The number of rotatable bonds is 5. The Balaban J connectivity index is 2.56. The van der Waals surface area contributed by atoms with Crippen LogP contribution in [0.4, 0.5) is 0 Å². The second-order valence-corrected chi connectivity index (χ2v) is 4.24. The van der Waals surface area contributed by atoms with Crippen LogP contribution in [0.25, 0.3) is 6.08 Å². The molecule has 102 valence electrons. The highest BCUT2D eigenvalue weighted by atomic mass is 35.5. The van der Waals surface area contributed by atoms with E-state index in [1.807, 2.05) is 12.1 Å². The molecule has 0 fully saturated rings. The highest BCUT2D eigenvalue weighted by molar-refractivity contribution is 6.32. The van der Waals surface area contributed by atoms with Gasteiger partial charge in [-0.25, -0.2) is 4.79 Å². The molecule has 0 aliphatic rings. The van der Waals surface area contributed by atoms with Crippen LogP contribution in [-0.4, -0.2) is 24.5 Å². The van der Waals surface area contributed by atoms with E-state index in [0.717, 1.165) is 5.56 Å². The average Bonchev–Trinajstić information content (AvgIpc) is 2.38. The molecule has 0 aliphatic carbocycles. The lowest BCUT2D eigenvalue weighted by atomic mass is 10.2. The van der Waals surface area contributed by atoms with Gasteiger partial charge in [-0.15, -0.1) is 0 Å². The van der Waals surface area contributed by atoms with E-state index in [2.05, 4.69) is 5.32 Å². The van der Waals surface area contributed by atoms with Crippen molar-refractivity contribution in [2.24, 2.45) is 0 Å². The van der Waals surface area contributed by atoms with Crippen LogP contribution in [0.2, 0.25) is 5.02 Å². The van der Waals surface area contributed by atoms with Gasteiger partial charge in [-0.2, -0.15) is 0 Å². The molecule has 0 aromatic heterocycles. The fourth-order valence-corrected chi connectivity index (χ4v) is 1.56. The minimum absolute atomic E-state index is 0.286. The molecular formula is C14H16ClNO3. The summed E-state index contributed by atoms with van der Waals surface area (Å²) in [6.07, 6.45) is 2.92. The molecular weight excluding hydrogens is 266 g/mol. The van der Waals surface area contributed by atoms with Crippen molar-refractivity contribution in [3.63, 3.8) is 0 Å². The van der Waals surface area contributed by atoms with Gasteiger partial charge >= 0.3 is 5.97 Å². The number of ether oxygens (including phenoxy) is 1. The molecule has 1 N–H and O–H groups in total. The molecule has 1 atom stereocenters. The molecule has 1 amide bonds.